The van der Waals surface area contributed by atoms with Crippen LogP contribution in [-0.2, 0) is 14.6 Å². The van der Waals surface area contributed by atoms with Crippen LogP contribution < -0.4 is 0 Å². The summed E-state index contributed by atoms with van der Waals surface area (Å²) in [7, 11) is 2.66. The maximum Gasteiger partial charge on any atom is 0.267 e. The topological polar surface area (TPSA) is 64.8 Å². The third-order valence-corrected chi connectivity index (χ3v) is 6.53. The Hall–Kier alpha value is -1.34. The second-order valence-corrected chi connectivity index (χ2v) is 8.70. The van der Waals surface area contributed by atoms with Gasteiger partial charge in [0.1, 0.15) is 13.7 Å². The number of nitrogens with zero attached hydrogens (tertiary/aromatic N) is 3. The molecule has 0 saturated heterocycles. The van der Waals surface area contributed by atoms with E-state index in [1.807, 2.05) is 30.3 Å². The van der Waals surface area contributed by atoms with Crippen molar-refractivity contribution in [1.82, 2.24) is 14.8 Å². The Morgan fingerprint density at radius 1 is 1.27 bits per heavy atom. The summed E-state index contributed by atoms with van der Waals surface area (Å²) in [6.45, 7) is 0. The maximum atomic E-state index is 12.3. The van der Waals surface area contributed by atoms with E-state index in [0.29, 0.717) is 25.1 Å². The molecule has 0 amide bonds. The van der Waals surface area contributed by atoms with Crippen LogP contribution in [0.15, 0.2) is 35.5 Å². The Morgan fingerprint density at radius 3 is 2.59 bits per heavy atom. The number of hydrogen-bond donors (Lipinski definition) is 0. The van der Waals surface area contributed by atoms with Crippen molar-refractivity contribution in [2.75, 3.05) is 0 Å². The van der Waals surface area contributed by atoms with Crippen LogP contribution in [0, 0.1) is 0 Å². The minimum absolute atomic E-state index is 0.152. The number of sulfone groups is 1. The Balaban J connectivity index is 1.82. The van der Waals surface area contributed by atoms with Gasteiger partial charge in [-0.1, -0.05) is 30.3 Å². The van der Waals surface area contributed by atoms with Gasteiger partial charge in [0.05, 0.1) is 16.1 Å². The first-order valence-corrected chi connectivity index (χ1v) is 9.06. The zero-order valence-corrected chi connectivity index (χ0v) is 13.3. The molecule has 1 aromatic heterocycles. The van der Waals surface area contributed by atoms with E-state index in [9.17, 15) is 8.42 Å². The first kappa shape index (κ1) is 14.3. The molecule has 1 aromatic carbocycles. The Morgan fingerprint density at radius 2 is 1.95 bits per heavy atom. The van der Waals surface area contributed by atoms with E-state index >= 15 is 0 Å². The van der Waals surface area contributed by atoms with Gasteiger partial charge in [0, 0.05) is 0 Å². The summed E-state index contributed by atoms with van der Waals surface area (Å²) in [6.07, 6.45) is 1.77. The van der Waals surface area contributed by atoms with Gasteiger partial charge in [-0.15, -0.1) is 16.7 Å². The lowest BCUT2D eigenvalue weighted by Gasteiger charge is -2.15. The largest absolute Gasteiger partial charge is 0.267 e. The average molecular weight is 334 g/mol. The van der Waals surface area contributed by atoms with Gasteiger partial charge in [-0.25, -0.2) is 18.1 Å². The van der Waals surface area contributed by atoms with Gasteiger partial charge >= 0.3 is 0 Å². The van der Waals surface area contributed by atoms with Crippen LogP contribution in [0.3, 0.4) is 0 Å². The fourth-order valence-corrected chi connectivity index (χ4v) is 4.59. The van der Waals surface area contributed by atoms with E-state index in [0.717, 1.165) is 5.56 Å². The summed E-state index contributed by atoms with van der Waals surface area (Å²) in [5, 5.41) is 3.73. The van der Waals surface area contributed by atoms with Crippen molar-refractivity contribution in [3.05, 3.63) is 41.7 Å². The van der Waals surface area contributed by atoms with Crippen LogP contribution in [-0.4, -0.2) is 36.3 Å². The highest BCUT2D eigenvalue weighted by Gasteiger charge is 2.46. The molecule has 0 spiro atoms. The number of halogens is 1. The normalized spacial score (nSPS) is 27.8. The SMILES string of the molecule is [B][C@@]1(Cl)C[C@@H](c2ccccc2)n2nc(S(=O)(=O)C3CC3)nc21. The van der Waals surface area contributed by atoms with E-state index in [1.165, 1.54) is 0 Å². The minimum atomic E-state index is -3.46. The number of fused-ring (bicyclic) bond motifs is 1. The molecular formula is C14H13BClN3O2S. The van der Waals surface area contributed by atoms with Gasteiger partial charge in [-0.2, -0.15) is 0 Å². The van der Waals surface area contributed by atoms with Crippen molar-refractivity contribution >= 4 is 29.3 Å². The first-order chi connectivity index (χ1) is 10.4. The third kappa shape index (κ3) is 2.10. The van der Waals surface area contributed by atoms with Gasteiger partial charge < -0.3 is 0 Å². The molecule has 4 rings (SSSR count). The molecule has 2 aliphatic rings. The van der Waals surface area contributed by atoms with Gasteiger partial charge in [0.2, 0.25) is 9.84 Å². The van der Waals surface area contributed by atoms with Crippen LogP contribution in [0.5, 0.6) is 0 Å². The van der Waals surface area contributed by atoms with Crippen molar-refractivity contribution in [1.29, 1.82) is 0 Å². The molecule has 1 fully saturated rings. The fraction of sp³-hybridized carbons (Fsp3) is 0.429. The van der Waals surface area contributed by atoms with E-state index in [-0.39, 0.29) is 16.4 Å². The molecular weight excluding hydrogens is 321 g/mol. The molecule has 0 bridgehead atoms. The van der Waals surface area contributed by atoms with E-state index < -0.39 is 14.6 Å². The summed E-state index contributed by atoms with van der Waals surface area (Å²) < 4.78 is 25.0. The average Bonchev–Trinajstić information content (AvgIpc) is 3.19. The van der Waals surface area contributed by atoms with Crippen LogP contribution in [0.1, 0.15) is 36.7 Å². The van der Waals surface area contributed by atoms with Crippen LogP contribution >= 0.6 is 11.6 Å². The summed E-state index contributed by atoms with van der Waals surface area (Å²) in [6, 6.07) is 9.44. The predicted molar refractivity (Wildman–Crippen MR) is 82.7 cm³/mol. The molecule has 5 nitrogen and oxygen atoms in total. The Labute approximate surface area is 135 Å². The lowest BCUT2D eigenvalue weighted by atomic mass is 9.82. The highest BCUT2D eigenvalue weighted by atomic mass is 35.5. The smallest absolute Gasteiger partial charge is 0.240 e. The van der Waals surface area contributed by atoms with Crippen LogP contribution in [0.25, 0.3) is 0 Å². The van der Waals surface area contributed by atoms with Gasteiger partial charge in [0.25, 0.3) is 5.16 Å². The van der Waals surface area contributed by atoms with Gasteiger partial charge in [-0.3, -0.25) is 0 Å². The molecule has 8 heteroatoms. The monoisotopic (exact) mass is 333 g/mol. The molecule has 2 heterocycles. The minimum Gasteiger partial charge on any atom is -0.240 e. The molecule has 1 saturated carbocycles. The molecule has 1 aliphatic carbocycles. The first-order valence-electron chi connectivity index (χ1n) is 7.13. The molecule has 0 unspecified atom stereocenters. The Bertz CT molecular complexity index is 831. The molecule has 2 atom stereocenters. The lowest BCUT2D eigenvalue weighted by molar-refractivity contribution is 0.527. The number of benzene rings is 1. The number of rotatable bonds is 3. The maximum absolute atomic E-state index is 12.3. The second-order valence-electron chi connectivity index (χ2n) is 5.90. The summed E-state index contributed by atoms with van der Waals surface area (Å²) in [5.41, 5.74) is 0.983. The molecule has 1 aliphatic heterocycles. The van der Waals surface area contributed by atoms with Crippen molar-refractivity contribution in [2.24, 2.45) is 0 Å². The summed E-state index contributed by atoms with van der Waals surface area (Å²) in [4.78, 5) is 4.16. The summed E-state index contributed by atoms with van der Waals surface area (Å²) >= 11 is 6.36. The third-order valence-electron chi connectivity index (χ3n) is 4.17. The second kappa shape index (κ2) is 4.58. The van der Waals surface area contributed by atoms with E-state index in [2.05, 4.69) is 10.1 Å². The fourth-order valence-electron chi connectivity index (χ4n) is 2.85. The molecule has 112 valence electrons. The predicted octanol–water partition coefficient (Wildman–Crippen LogP) is 1.77. The lowest BCUT2D eigenvalue weighted by Crippen LogP contribution is -2.17. The van der Waals surface area contributed by atoms with Crippen LogP contribution in [0.2, 0.25) is 0 Å². The van der Waals surface area contributed by atoms with Crippen LogP contribution in [0.4, 0.5) is 0 Å². The van der Waals surface area contributed by atoms with Gasteiger partial charge in [0.15, 0.2) is 0 Å². The molecule has 2 radical (unpaired) electrons. The molecule has 22 heavy (non-hydrogen) atoms. The highest BCUT2D eigenvalue weighted by molar-refractivity contribution is 7.92. The highest BCUT2D eigenvalue weighted by Crippen LogP contribution is 2.44. The quantitative estimate of drug-likeness (QED) is 0.634. The molecule has 0 N–H and O–H groups in total. The summed E-state index contributed by atoms with van der Waals surface area (Å²) in [5.74, 6) is 0.322. The van der Waals surface area contributed by atoms with E-state index in [1.54, 1.807) is 4.68 Å². The van der Waals surface area contributed by atoms with E-state index in [4.69, 9.17) is 19.4 Å². The van der Waals surface area contributed by atoms with Crippen molar-refractivity contribution in [2.45, 2.75) is 40.5 Å². The zero-order valence-electron chi connectivity index (χ0n) is 11.7. The zero-order chi connectivity index (χ0) is 15.5. The standard InChI is InChI=1S/C14H13BClN3O2S/c15-14(16)8-11(9-4-2-1-3-5-9)19-12(14)17-13(18-19)22(20,21)10-6-7-10/h1-5,10-11H,6-8H2/t11-,14+/m0/s1. The van der Waals surface area contributed by atoms with Crippen molar-refractivity contribution in [3.63, 3.8) is 0 Å². The number of alkyl halides is 1. The van der Waals surface area contributed by atoms with Gasteiger partial charge in [-0.05, 0) is 24.8 Å². The number of aromatic nitrogens is 3. The Kier molecular flexibility index (Phi) is 2.97. The van der Waals surface area contributed by atoms with Crippen molar-refractivity contribution < 1.29 is 8.42 Å². The number of hydrogen-bond acceptors (Lipinski definition) is 4. The molecule has 2 aromatic rings. The van der Waals surface area contributed by atoms with Crippen molar-refractivity contribution in [3.8, 4) is 0 Å².